The first-order valence-electron chi connectivity index (χ1n) is 6.77. The molecule has 1 aromatic carbocycles. The minimum atomic E-state index is -4.45. The van der Waals surface area contributed by atoms with Crippen molar-refractivity contribution in [1.29, 1.82) is 0 Å². The number of hydrogen-bond donors (Lipinski definition) is 2. The summed E-state index contributed by atoms with van der Waals surface area (Å²) in [6.45, 7) is 5.76. The predicted molar refractivity (Wildman–Crippen MR) is 75.1 cm³/mol. The van der Waals surface area contributed by atoms with Crippen LogP contribution < -0.4 is 10.5 Å². The smallest absolute Gasteiger partial charge is 0.416 e. The van der Waals surface area contributed by atoms with Crippen LogP contribution in [0, 0.1) is 0 Å². The number of anilines is 1. The van der Waals surface area contributed by atoms with E-state index in [1.54, 1.807) is 0 Å². The van der Waals surface area contributed by atoms with Crippen LogP contribution in [-0.2, 0) is 6.18 Å². The van der Waals surface area contributed by atoms with Crippen LogP contribution in [-0.4, -0.2) is 42.4 Å². The van der Waals surface area contributed by atoms with E-state index in [1.807, 2.05) is 18.7 Å². The van der Waals surface area contributed by atoms with Crippen molar-refractivity contribution in [2.75, 3.05) is 32.0 Å². The van der Waals surface area contributed by atoms with Crippen LogP contribution in [0.1, 0.15) is 19.4 Å². The summed E-state index contributed by atoms with van der Waals surface area (Å²) in [6.07, 6.45) is -5.25. The van der Waals surface area contributed by atoms with Gasteiger partial charge in [0.15, 0.2) is 0 Å². The molecule has 1 aromatic rings. The van der Waals surface area contributed by atoms with E-state index in [0.29, 0.717) is 6.54 Å². The molecule has 1 unspecified atom stereocenters. The number of likely N-dealkylation sites (N-methyl/N-ethyl adjacent to an activating group) is 1. The van der Waals surface area contributed by atoms with Crippen LogP contribution in [0.4, 0.5) is 18.9 Å². The van der Waals surface area contributed by atoms with Crippen LogP contribution in [0.2, 0.25) is 0 Å². The minimum absolute atomic E-state index is 0.0663. The maximum Gasteiger partial charge on any atom is 0.416 e. The van der Waals surface area contributed by atoms with Gasteiger partial charge in [0.2, 0.25) is 0 Å². The molecule has 0 amide bonds. The summed E-state index contributed by atoms with van der Waals surface area (Å²) in [7, 11) is 0. The Labute approximate surface area is 122 Å². The Morgan fingerprint density at radius 2 is 1.90 bits per heavy atom. The van der Waals surface area contributed by atoms with Crippen LogP contribution in [0.15, 0.2) is 18.2 Å². The molecule has 0 fully saturated rings. The quantitative estimate of drug-likeness (QED) is 0.759. The van der Waals surface area contributed by atoms with Gasteiger partial charge < -0.3 is 20.5 Å². The fraction of sp³-hybridized carbons (Fsp3) is 0.571. The lowest BCUT2D eigenvalue weighted by molar-refractivity contribution is -0.137. The first kappa shape index (κ1) is 17.6. The van der Waals surface area contributed by atoms with E-state index in [0.717, 1.165) is 31.3 Å². The second-order valence-corrected chi connectivity index (χ2v) is 4.70. The van der Waals surface area contributed by atoms with Gasteiger partial charge in [-0.3, -0.25) is 0 Å². The maximum atomic E-state index is 12.6. The largest absolute Gasteiger partial charge is 0.489 e. The average Bonchev–Trinajstić information content (AvgIpc) is 2.42. The third kappa shape index (κ3) is 5.43. The summed E-state index contributed by atoms with van der Waals surface area (Å²) in [5, 5.41) is 9.83. The third-order valence-electron chi connectivity index (χ3n) is 3.14. The van der Waals surface area contributed by atoms with Crippen molar-refractivity contribution in [3.63, 3.8) is 0 Å². The van der Waals surface area contributed by atoms with Gasteiger partial charge in [-0.05, 0) is 31.3 Å². The van der Waals surface area contributed by atoms with Gasteiger partial charge in [-0.25, -0.2) is 0 Å². The lowest BCUT2D eigenvalue weighted by Crippen LogP contribution is -2.35. The maximum absolute atomic E-state index is 12.6. The Balaban J connectivity index is 2.66. The number of aliphatic hydroxyl groups is 1. The van der Waals surface area contributed by atoms with Gasteiger partial charge in [0, 0.05) is 6.54 Å². The SMILES string of the molecule is CCN(CC)CC(O)COc1cc(C(F)(F)F)ccc1N. The second-order valence-electron chi connectivity index (χ2n) is 4.70. The number of halogens is 3. The van der Waals surface area contributed by atoms with Crippen LogP contribution >= 0.6 is 0 Å². The van der Waals surface area contributed by atoms with Gasteiger partial charge >= 0.3 is 6.18 Å². The normalized spacial score (nSPS) is 13.5. The number of aliphatic hydroxyl groups excluding tert-OH is 1. The van der Waals surface area contributed by atoms with E-state index >= 15 is 0 Å². The molecular formula is C14H21F3N2O2. The molecule has 0 saturated carbocycles. The Morgan fingerprint density at radius 1 is 1.29 bits per heavy atom. The van der Waals surface area contributed by atoms with Crippen molar-refractivity contribution in [2.24, 2.45) is 0 Å². The van der Waals surface area contributed by atoms with Crippen molar-refractivity contribution in [3.8, 4) is 5.75 Å². The molecular weight excluding hydrogens is 285 g/mol. The van der Waals surface area contributed by atoms with Gasteiger partial charge in [0.1, 0.15) is 18.5 Å². The molecule has 7 heteroatoms. The van der Waals surface area contributed by atoms with E-state index < -0.39 is 17.8 Å². The molecule has 21 heavy (non-hydrogen) atoms. The second kappa shape index (κ2) is 7.51. The first-order chi connectivity index (χ1) is 9.77. The summed E-state index contributed by atoms with van der Waals surface area (Å²) in [5.41, 5.74) is 4.87. The molecule has 0 aliphatic rings. The number of nitrogen functional groups attached to an aromatic ring is 1. The lowest BCUT2D eigenvalue weighted by Gasteiger charge is -2.22. The fourth-order valence-corrected chi connectivity index (χ4v) is 1.85. The molecule has 0 aromatic heterocycles. The zero-order valence-electron chi connectivity index (χ0n) is 12.2. The number of alkyl halides is 3. The summed E-state index contributed by atoms with van der Waals surface area (Å²) in [4.78, 5) is 1.99. The first-order valence-corrected chi connectivity index (χ1v) is 6.77. The predicted octanol–water partition coefficient (Wildman–Crippen LogP) is 2.37. The Bertz CT molecular complexity index is 448. The van der Waals surface area contributed by atoms with Crippen LogP contribution in [0.5, 0.6) is 5.75 Å². The molecule has 0 saturated heterocycles. The fourth-order valence-electron chi connectivity index (χ4n) is 1.85. The molecule has 0 radical (unpaired) electrons. The summed E-state index contributed by atoms with van der Waals surface area (Å²) in [5.74, 6) is -0.0663. The molecule has 4 nitrogen and oxygen atoms in total. The molecule has 120 valence electrons. The van der Waals surface area contributed by atoms with Gasteiger partial charge in [-0.2, -0.15) is 13.2 Å². The van der Waals surface area contributed by atoms with E-state index in [-0.39, 0.29) is 18.0 Å². The van der Waals surface area contributed by atoms with Crippen molar-refractivity contribution in [2.45, 2.75) is 26.1 Å². The van der Waals surface area contributed by atoms with E-state index in [9.17, 15) is 18.3 Å². The molecule has 0 bridgehead atoms. The number of ether oxygens (including phenoxy) is 1. The Kier molecular flexibility index (Phi) is 6.29. The molecule has 0 spiro atoms. The zero-order chi connectivity index (χ0) is 16.0. The van der Waals surface area contributed by atoms with Gasteiger partial charge in [0.05, 0.1) is 11.3 Å². The number of nitrogens with two attached hydrogens (primary N) is 1. The van der Waals surface area contributed by atoms with Crippen molar-refractivity contribution in [1.82, 2.24) is 4.90 Å². The van der Waals surface area contributed by atoms with Crippen molar-refractivity contribution >= 4 is 5.69 Å². The number of benzene rings is 1. The van der Waals surface area contributed by atoms with E-state index in [4.69, 9.17) is 10.5 Å². The highest BCUT2D eigenvalue weighted by atomic mass is 19.4. The summed E-state index contributed by atoms with van der Waals surface area (Å²) in [6, 6.07) is 2.89. The zero-order valence-corrected chi connectivity index (χ0v) is 12.2. The number of hydrogen-bond acceptors (Lipinski definition) is 4. The Morgan fingerprint density at radius 3 is 2.43 bits per heavy atom. The van der Waals surface area contributed by atoms with Gasteiger partial charge in [0.25, 0.3) is 0 Å². The van der Waals surface area contributed by atoms with Crippen LogP contribution in [0.3, 0.4) is 0 Å². The van der Waals surface area contributed by atoms with Gasteiger partial charge in [-0.15, -0.1) is 0 Å². The van der Waals surface area contributed by atoms with E-state index in [1.165, 1.54) is 0 Å². The monoisotopic (exact) mass is 306 g/mol. The minimum Gasteiger partial charge on any atom is -0.489 e. The number of rotatable bonds is 7. The topological polar surface area (TPSA) is 58.7 Å². The summed E-state index contributed by atoms with van der Waals surface area (Å²) >= 11 is 0. The number of nitrogens with zero attached hydrogens (tertiary/aromatic N) is 1. The van der Waals surface area contributed by atoms with Crippen molar-refractivity contribution in [3.05, 3.63) is 23.8 Å². The Hall–Kier alpha value is -1.47. The highest BCUT2D eigenvalue weighted by molar-refractivity contribution is 5.54. The molecule has 3 N–H and O–H groups in total. The average molecular weight is 306 g/mol. The molecule has 0 aliphatic carbocycles. The molecule has 0 aliphatic heterocycles. The van der Waals surface area contributed by atoms with E-state index in [2.05, 4.69) is 0 Å². The molecule has 1 rings (SSSR count). The standard InChI is InChI=1S/C14H21F3N2O2/c1-3-19(4-2)8-11(20)9-21-13-7-10(14(15,16)17)5-6-12(13)18/h5-7,11,20H,3-4,8-9,18H2,1-2H3. The highest BCUT2D eigenvalue weighted by Crippen LogP contribution is 2.34. The van der Waals surface area contributed by atoms with Crippen LogP contribution in [0.25, 0.3) is 0 Å². The lowest BCUT2D eigenvalue weighted by atomic mass is 10.2. The molecule has 0 heterocycles. The molecule has 1 atom stereocenters. The van der Waals surface area contributed by atoms with Gasteiger partial charge in [-0.1, -0.05) is 13.8 Å². The highest BCUT2D eigenvalue weighted by Gasteiger charge is 2.31. The summed E-state index contributed by atoms with van der Waals surface area (Å²) < 4.78 is 43.1. The third-order valence-corrected chi connectivity index (χ3v) is 3.14. The van der Waals surface area contributed by atoms with Crippen molar-refractivity contribution < 1.29 is 23.0 Å².